The van der Waals surface area contributed by atoms with E-state index in [2.05, 4.69) is 15.5 Å². The van der Waals surface area contributed by atoms with E-state index in [0.29, 0.717) is 6.04 Å². The quantitative estimate of drug-likeness (QED) is 0.788. The SMILES string of the molecule is O=C(c1cccc(-n2cccc2)c1)N1CCC(Nc2cccnn2)CC1. The van der Waals surface area contributed by atoms with E-state index < -0.39 is 0 Å². The van der Waals surface area contributed by atoms with Crippen molar-refractivity contribution in [3.63, 3.8) is 0 Å². The molecule has 1 N–H and O–H groups in total. The number of nitrogens with zero attached hydrogens (tertiary/aromatic N) is 4. The molecule has 132 valence electrons. The Labute approximate surface area is 152 Å². The van der Waals surface area contributed by atoms with Crippen molar-refractivity contribution in [2.24, 2.45) is 0 Å². The summed E-state index contributed by atoms with van der Waals surface area (Å²) in [4.78, 5) is 14.8. The van der Waals surface area contributed by atoms with E-state index in [1.807, 2.05) is 70.4 Å². The molecule has 1 aliphatic rings. The van der Waals surface area contributed by atoms with Crippen LogP contribution in [0.25, 0.3) is 5.69 Å². The van der Waals surface area contributed by atoms with Gasteiger partial charge in [-0.05, 0) is 55.3 Å². The van der Waals surface area contributed by atoms with E-state index in [0.717, 1.165) is 43.0 Å². The number of carbonyl (C=O) groups excluding carboxylic acids is 1. The Morgan fingerprint density at radius 2 is 1.85 bits per heavy atom. The van der Waals surface area contributed by atoms with Crippen LogP contribution in [0, 0.1) is 0 Å². The molecule has 1 amide bonds. The fraction of sp³-hybridized carbons (Fsp3) is 0.250. The van der Waals surface area contributed by atoms with Gasteiger partial charge in [0.25, 0.3) is 5.91 Å². The number of likely N-dealkylation sites (tertiary alicyclic amines) is 1. The van der Waals surface area contributed by atoms with Crippen LogP contribution in [-0.2, 0) is 0 Å². The number of hydrogen-bond acceptors (Lipinski definition) is 4. The van der Waals surface area contributed by atoms with Crippen molar-refractivity contribution in [2.45, 2.75) is 18.9 Å². The lowest BCUT2D eigenvalue weighted by Gasteiger charge is -2.32. The van der Waals surface area contributed by atoms with E-state index in [9.17, 15) is 4.79 Å². The molecule has 0 unspecified atom stereocenters. The van der Waals surface area contributed by atoms with Gasteiger partial charge in [0, 0.05) is 49.0 Å². The van der Waals surface area contributed by atoms with Crippen molar-refractivity contribution in [1.82, 2.24) is 19.7 Å². The van der Waals surface area contributed by atoms with Gasteiger partial charge in [0.15, 0.2) is 0 Å². The Hall–Kier alpha value is -3.15. The molecule has 0 saturated carbocycles. The molecule has 6 heteroatoms. The van der Waals surface area contributed by atoms with Gasteiger partial charge in [-0.2, -0.15) is 5.10 Å². The monoisotopic (exact) mass is 347 g/mol. The first-order valence-electron chi connectivity index (χ1n) is 8.86. The van der Waals surface area contributed by atoms with Crippen molar-refractivity contribution in [3.8, 4) is 5.69 Å². The first-order chi connectivity index (χ1) is 12.8. The van der Waals surface area contributed by atoms with Crippen molar-refractivity contribution in [3.05, 3.63) is 72.7 Å². The molecular weight excluding hydrogens is 326 g/mol. The van der Waals surface area contributed by atoms with Gasteiger partial charge in [0.05, 0.1) is 0 Å². The maximum Gasteiger partial charge on any atom is 0.253 e. The smallest absolute Gasteiger partial charge is 0.253 e. The fourth-order valence-electron chi connectivity index (χ4n) is 3.30. The highest BCUT2D eigenvalue weighted by Gasteiger charge is 2.24. The molecular formula is C20H21N5O. The maximum absolute atomic E-state index is 12.9. The van der Waals surface area contributed by atoms with Crippen LogP contribution in [0.2, 0.25) is 0 Å². The molecule has 0 aliphatic carbocycles. The van der Waals surface area contributed by atoms with E-state index in [4.69, 9.17) is 0 Å². The van der Waals surface area contributed by atoms with Crippen LogP contribution in [0.3, 0.4) is 0 Å². The van der Waals surface area contributed by atoms with Gasteiger partial charge >= 0.3 is 0 Å². The van der Waals surface area contributed by atoms with Gasteiger partial charge in [-0.15, -0.1) is 5.10 Å². The number of rotatable bonds is 4. The van der Waals surface area contributed by atoms with Crippen LogP contribution in [0.1, 0.15) is 23.2 Å². The highest BCUT2D eigenvalue weighted by Crippen LogP contribution is 2.18. The van der Waals surface area contributed by atoms with E-state index in [1.165, 1.54) is 0 Å². The third kappa shape index (κ3) is 3.59. The minimum absolute atomic E-state index is 0.0944. The lowest BCUT2D eigenvalue weighted by molar-refractivity contribution is 0.0718. The summed E-state index contributed by atoms with van der Waals surface area (Å²) in [7, 11) is 0. The van der Waals surface area contributed by atoms with Gasteiger partial charge in [-0.25, -0.2) is 0 Å². The third-order valence-electron chi connectivity index (χ3n) is 4.70. The molecule has 6 nitrogen and oxygen atoms in total. The second-order valence-corrected chi connectivity index (χ2v) is 6.46. The summed E-state index contributed by atoms with van der Waals surface area (Å²) in [5, 5.41) is 11.3. The second kappa shape index (κ2) is 7.39. The van der Waals surface area contributed by atoms with E-state index in [1.54, 1.807) is 6.20 Å². The summed E-state index contributed by atoms with van der Waals surface area (Å²) >= 11 is 0. The lowest BCUT2D eigenvalue weighted by atomic mass is 10.0. The summed E-state index contributed by atoms with van der Waals surface area (Å²) < 4.78 is 2.01. The largest absolute Gasteiger partial charge is 0.366 e. The topological polar surface area (TPSA) is 63.1 Å². The van der Waals surface area contributed by atoms with Crippen molar-refractivity contribution in [1.29, 1.82) is 0 Å². The first-order valence-corrected chi connectivity index (χ1v) is 8.86. The molecule has 4 rings (SSSR count). The number of benzene rings is 1. The second-order valence-electron chi connectivity index (χ2n) is 6.46. The summed E-state index contributed by atoms with van der Waals surface area (Å²) in [6.07, 6.45) is 7.42. The van der Waals surface area contributed by atoms with Crippen molar-refractivity contribution in [2.75, 3.05) is 18.4 Å². The molecule has 2 aromatic heterocycles. The summed E-state index contributed by atoms with van der Waals surface area (Å²) in [6, 6.07) is 15.8. The summed E-state index contributed by atoms with van der Waals surface area (Å²) in [5.41, 5.74) is 1.73. The molecule has 26 heavy (non-hydrogen) atoms. The van der Waals surface area contributed by atoms with Crippen LogP contribution in [0.4, 0.5) is 5.82 Å². The van der Waals surface area contributed by atoms with Gasteiger partial charge in [-0.3, -0.25) is 4.79 Å². The number of amides is 1. The highest BCUT2D eigenvalue weighted by atomic mass is 16.2. The van der Waals surface area contributed by atoms with Crippen LogP contribution in [0.5, 0.6) is 0 Å². The van der Waals surface area contributed by atoms with E-state index in [-0.39, 0.29) is 5.91 Å². The predicted octanol–water partition coefficient (Wildman–Crippen LogP) is 2.98. The predicted molar refractivity (Wildman–Crippen MR) is 100 cm³/mol. The molecule has 3 aromatic rings. The van der Waals surface area contributed by atoms with Crippen LogP contribution >= 0.6 is 0 Å². The Kier molecular flexibility index (Phi) is 4.64. The molecule has 0 spiro atoms. The Morgan fingerprint density at radius 3 is 2.58 bits per heavy atom. The molecule has 1 saturated heterocycles. The standard InChI is InChI=1S/C20H21N5O/c26-20(16-5-3-6-18(15-16)24-11-1-2-12-24)25-13-8-17(9-14-25)22-19-7-4-10-21-23-19/h1-7,10-12,15,17H,8-9,13-14H2,(H,22,23). The average molecular weight is 347 g/mol. The van der Waals surface area contributed by atoms with Crippen LogP contribution in [0.15, 0.2) is 67.1 Å². The summed E-state index contributed by atoms with van der Waals surface area (Å²) in [5.74, 6) is 0.883. The number of hydrogen-bond donors (Lipinski definition) is 1. The van der Waals surface area contributed by atoms with Gasteiger partial charge in [-0.1, -0.05) is 6.07 Å². The molecule has 1 fully saturated rings. The highest BCUT2D eigenvalue weighted by molar-refractivity contribution is 5.94. The minimum Gasteiger partial charge on any atom is -0.366 e. The third-order valence-corrected chi connectivity index (χ3v) is 4.70. The number of anilines is 1. The van der Waals surface area contributed by atoms with E-state index >= 15 is 0 Å². The minimum atomic E-state index is 0.0944. The zero-order chi connectivity index (χ0) is 17.8. The molecule has 3 heterocycles. The summed E-state index contributed by atoms with van der Waals surface area (Å²) in [6.45, 7) is 1.48. The lowest BCUT2D eigenvalue weighted by Crippen LogP contribution is -2.42. The maximum atomic E-state index is 12.9. The zero-order valence-corrected chi connectivity index (χ0v) is 14.5. The Morgan fingerprint density at radius 1 is 1.04 bits per heavy atom. The first kappa shape index (κ1) is 16.3. The van der Waals surface area contributed by atoms with Crippen molar-refractivity contribution < 1.29 is 4.79 Å². The molecule has 1 aromatic carbocycles. The molecule has 0 atom stereocenters. The van der Waals surface area contributed by atoms with Crippen LogP contribution < -0.4 is 5.32 Å². The number of piperidine rings is 1. The van der Waals surface area contributed by atoms with Gasteiger partial charge in [0.2, 0.25) is 0 Å². The zero-order valence-electron chi connectivity index (χ0n) is 14.5. The number of carbonyl (C=O) groups is 1. The van der Waals surface area contributed by atoms with Crippen molar-refractivity contribution >= 4 is 11.7 Å². The van der Waals surface area contributed by atoms with Gasteiger partial charge in [0.1, 0.15) is 5.82 Å². The average Bonchev–Trinajstić information content (AvgIpc) is 3.24. The molecule has 0 radical (unpaired) electrons. The Bertz CT molecular complexity index is 855. The molecule has 1 aliphatic heterocycles. The normalized spacial score (nSPS) is 15.0. The number of nitrogens with one attached hydrogen (secondary N) is 1. The van der Waals surface area contributed by atoms with Crippen LogP contribution in [-0.4, -0.2) is 44.7 Å². The fourth-order valence-corrected chi connectivity index (χ4v) is 3.30. The van der Waals surface area contributed by atoms with Gasteiger partial charge < -0.3 is 14.8 Å². The molecule has 0 bridgehead atoms. The Balaban J connectivity index is 1.39. The number of aromatic nitrogens is 3.